The molecule has 1 amide bonds. The van der Waals surface area contributed by atoms with E-state index >= 15 is 0 Å². The number of carboxylic acid groups (broad SMARTS) is 1. The predicted molar refractivity (Wildman–Crippen MR) is 62.4 cm³/mol. The molecule has 1 unspecified atom stereocenters. The van der Waals surface area contributed by atoms with E-state index < -0.39 is 5.97 Å². The van der Waals surface area contributed by atoms with Crippen LogP contribution >= 0.6 is 0 Å². The molecule has 0 aromatic heterocycles. The van der Waals surface area contributed by atoms with Gasteiger partial charge in [-0.05, 0) is 12.5 Å². The Morgan fingerprint density at radius 3 is 2.47 bits per heavy atom. The van der Waals surface area contributed by atoms with Gasteiger partial charge in [-0.15, -0.1) is 0 Å². The maximum Gasteiger partial charge on any atom is 0.306 e. The van der Waals surface area contributed by atoms with Crippen molar-refractivity contribution in [1.29, 1.82) is 0 Å². The molecule has 0 bridgehead atoms. The van der Waals surface area contributed by atoms with Crippen LogP contribution in [0.4, 0.5) is 0 Å². The summed E-state index contributed by atoms with van der Waals surface area (Å²) < 4.78 is 0. The van der Waals surface area contributed by atoms with Crippen LogP contribution in [0.1, 0.15) is 13.8 Å². The second kappa shape index (κ2) is 4.64. The second-order valence-corrected chi connectivity index (χ2v) is 5.37. The normalized spacial score (nSPS) is 31.1. The fourth-order valence-electron chi connectivity index (χ4n) is 2.59. The van der Waals surface area contributed by atoms with Crippen molar-refractivity contribution in [3.63, 3.8) is 0 Å². The Labute approximate surface area is 101 Å². The first-order valence-corrected chi connectivity index (χ1v) is 6.23. The third kappa shape index (κ3) is 2.29. The summed E-state index contributed by atoms with van der Waals surface area (Å²) in [4.78, 5) is 24.7. The molecule has 0 aliphatic carbocycles. The van der Waals surface area contributed by atoms with E-state index in [0.29, 0.717) is 19.0 Å². The molecule has 2 fully saturated rings. The van der Waals surface area contributed by atoms with Crippen LogP contribution in [0.5, 0.6) is 0 Å². The van der Waals surface area contributed by atoms with Crippen molar-refractivity contribution in [3.05, 3.63) is 0 Å². The highest BCUT2D eigenvalue weighted by atomic mass is 16.4. The summed E-state index contributed by atoms with van der Waals surface area (Å²) in [5.41, 5.74) is 0. The number of carboxylic acids is 1. The average molecular weight is 240 g/mol. The minimum atomic E-state index is -0.766. The first-order chi connectivity index (χ1) is 8.00. The van der Waals surface area contributed by atoms with Crippen molar-refractivity contribution in [3.8, 4) is 0 Å². The van der Waals surface area contributed by atoms with Gasteiger partial charge in [0.1, 0.15) is 0 Å². The molecule has 2 rings (SSSR count). The Hall–Kier alpha value is -1.10. The summed E-state index contributed by atoms with van der Waals surface area (Å²) in [6.45, 7) is 6.67. The fourth-order valence-corrected chi connectivity index (χ4v) is 2.59. The maximum absolute atomic E-state index is 12.1. The van der Waals surface area contributed by atoms with Crippen LogP contribution in [0, 0.1) is 23.7 Å². The lowest BCUT2D eigenvalue weighted by molar-refractivity contribution is -0.152. The number of hydrogen-bond acceptors (Lipinski definition) is 3. The predicted octanol–water partition coefficient (Wildman–Crippen LogP) is 0.0210. The summed E-state index contributed by atoms with van der Waals surface area (Å²) in [6.07, 6.45) is 0. The van der Waals surface area contributed by atoms with E-state index in [1.54, 1.807) is 11.8 Å². The number of carbonyl (C=O) groups excluding carboxylic acids is 1. The van der Waals surface area contributed by atoms with Crippen molar-refractivity contribution in [2.24, 2.45) is 23.7 Å². The molecule has 2 saturated heterocycles. The molecule has 2 heterocycles. The van der Waals surface area contributed by atoms with Gasteiger partial charge in [-0.3, -0.25) is 9.59 Å². The lowest BCUT2D eigenvalue weighted by Gasteiger charge is -2.42. The number of amides is 1. The zero-order valence-electron chi connectivity index (χ0n) is 10.3. The minimum Gasteiger partial charge on any atom is -0.481 e. The zero-order valence-corrected chi connectivity index (χ0v) is 10.3. The number of nitrogens with zero attached hydrogens (tertiary/aromatic N) is 1. The van der Waals surface area contributed by atoms with E-state index in [9.17, 15) is 9.59 Å². The molecule has 3 atom stereocenters. The standard InChI is InChI=1S/C12H20N2O3/c1-7-3-13-4-10(7)11(15)14-5-9(6-14)8(2)12(16)17/h7-10,13H,3-6H2,1-2H3,(H,16,17)/t7-,8?,10-/m1/s1. The van der Waals surface area contributed by atoms with Gasteiger partial charge in [0.15, 0.2) is 0 Å². The summed E-state index contributed by atoms with van der Waals surface area (Å²) >= 11 is 0. The highest BCUT2D eigenvalue weighted by Crippen LogP contribution is 2.28. The topological polar surface area (TPSA) is 69.6 Å². The van der Waals surface area contributed by atoms with Crippen molar-refractivity contribution in [2.75, 3.05) is 26.2 Å². The van der Waals surface area contributed by atoms with Crippen LogP contribution in [0.15, 0.2) is 0 Å². The van der Waals surface area contributed by atoms with E-state index in [1.165, 1.54) is 0 Å². The molecule has 0 saturated carbocycles. The molecule has 2 aliphatic rings. The SMILES string of the molecule is CC(C(=O)O)C1CN(C(=O)[C@@H]2CNC[C@H]2C)C1. The number of rotatable bonds is 3. The summed E-state index contributed by atoms with van der Waals surface area (Å²) in [5.74, 6) is -0.330. The second-order valence-electron chi connectivity index (χ2n) is 5.37. The van der Waals surface area contributed by atoms with Crippen molar-refractivity contribution in [2.45, 2.75) is 13.8 Å². The maximum atomic E-state index is 12.1. The van der Waals surface area contributed by atoms with Gasteiger partial charge in [-0.25, -0.2) is 0 Å². The molecule has 17 heavy (non-hydrogen) atoms. The summed E-state index contributed by atoms with van der Waals surface area (Å²) in [5, 5.41) is 12.1. The van der Waals surface area contributed by atoms with Crippen LogP contribution in [0.2, 0.25) is 0 Å². The van der Waals surface area contributed by atoms with Crippen LogP contribution in [-0.4, -0.2) is 48.1 Å². The smallest absolute Gasteiger partial charge is 0.306 e. The molecule has 0 aromatic carbocycles. The largest absolute Gasteiger partial charge is 0.481 e. The zero-order chi connectivity index (χ0) is 12.6. The summed E-state index contributed by atoms with van der Waals surface area (Å²) in [7, 11) is 0. The van der Waals surface area contributed by atoms with Gasteiger partial charge >= 0.3 is 5.97 Å². The molecule has 2 aliphatic heterocycles. The van der Waals surface area contributed by atoms with Crippen LogP contribution < -0.4 is 5.32 Å². The Kier molecular flexibility index (Phi) is 3.38. The quantitative estimate of drug-likeness (QED) is 0.729. The number of aliphatic carboxylic acids is 1. The lowest BCUT2D eigenvalue weighted by atomic mass is 9.85. The van der Waals surface area contributed by atoms with Crippen LogP contribution in [0.25, 0.3) is 0 Å². The molecular formula is C12H20N2O3. The van der Waals surface area contributed by atoms with Crippen molar-refractivity contribution < 1.29 is 14.7 Å². The fraction of sp³-hybridized carbons (Fsp3) is 0.833. The third-order valence-corrected chi connectivity index (χ3v) is 4.15. The molecule has 5 heteroatoms. The molecule has 0 radical (unpaired) electrons. The van der Waals surface area contributed by atoms with Gasteiger partial charge < -0.3 is 15.3 Å². The third-order valence-electron chi connectivity index (χ3n) is 4.15. The van der Waals surface area contributed by atoms with Gasteiger partial charge in [-0.2, -0.15) is 0 Å². The van der Waals surface area contributed by atoms with Gasteiger partial charge in [0.25, 0.3) is 0 Å². The molecular weight excluding hydrogens is 220 g/mol. The Balaban J connectivity index is 1.83. The van der Waals surface area contributed by atoms with Gasteiger partial charge in [0.2, 0.25) is 5.91 Å². The molecule has 96 valence electrons. The molecule has 0 aromatic rings. The monoisotopic (exact) mass is 240 g/mol. The van der Waals surface area contributed by atoms with Crippen LogP contribution in [-0.2, 0) is 9.59 Å². The lowest BCUT2D eigenvalue weighted by Crippen LogP contribution is -2.55. The van der Waals surface area contributed by atoms with E-state index in [1.807, 2.05) is 0 Å². The number of nitrogens with one attached hydrogen (secondary N) is 1. The minimum absolute atomic E-state index is 0.0797. The first-order valence-electron chi connectivity index (χ1n) is 6.23. The van der Waals surface area contributed by atoms with Crippen LogP contribution in [0.3, 0.4) is 0 Å². The number of likely N-dealkylation sites (tertiary alicyclic amines) is 1. The van der Waals surface area contributed by atoms with Gasteiger partial charge in [0.05, 0.1) is 11.8 Å². The Morgan fingerprint density at radius 1 is 1.35 bits per heavy atom. The van der Waals surface area contributed by atoms with Crippen molar-refractivity contribution >= 4 is 11.9 Å². The summed E-state index contributed by atoms with van der Waals surface area (Å²) in [6, 6.07) is 0. The molecule has 5 nitrogen and oxygen atoms in total. The van der Waals surface area contributed by atoms with E-state index in [0.717, 1.165) is 13.1 Å². The number of hydrogen-bond donors (Lipinski definition) is 2. The van der Waals surface area contributed by atoms with E-state index in [2.05, 4.69) is 12.2 Å². The van der Waals surface area contributed by atoms with E-state index in [4.69, 9.17) is 5.11 Å². The Bertz CT molecular complexity index is 326. The molecule has 0 spiro atoms. The highest BCUT2D eigenvalue weighted by molar-refractivity contribution is 5.81. The van der Waals surface area contributed by atoms with E-state index in [-0.39, 0.29) is 23.7 Å². The average Bonchev–Trinajstić information content (AvgIpc) is 2.61. The number of carbonyl (C=O) groups is 2. The Morgan fingerprint density at radius 2 is 2.00 bits per heavy atom. The first kappa shape index (κ1) is 12.4. The van der Waals surface area contributed by atoms with Crippen molar-refractivity contribution in [1.82, 2.24) is 10.2 Å². The van der Waals surface area contributed by atoms with Gasteiger partial charge in [0, 0.05) is 25.6 Å². The highest BCUT2D eigenvalue weighted by Gasteiger charge is 2.41. The molecule has 2 N–H and O–H groups in total. The van der Waals surface area contributed by atoms with Gasteiger partial charge in [-0.1, -0.05) is 13.8 Å².